The molecule has 0 N–H and O–H groups in total. The van der Waals surface area contributed by atoms with E-state index in [1.54, 1.807) is 0 Å². The zero-order valence-electron chi connectivity index (χ0n) is 14.4. The van der Waals surface area contributed by atoms with Gasteiger partial charge in [-0.3, -0.25) is 0 Å². The van der Waals surface area contributed by atoms with Crippen LogP contribution in [0.5, 0.6) is 17.2 Å². The van der Waals surface area contributed by atoms with Gasteiger partial charge < -0.3 is 19.1 Å². The molecule has 2 aliphatic rings. The zero-order valence-corrected chi connectivity index (χ0v) is 14.4. The van der Waals surface area contributed by atoms with Gasteiger partial charge in [0, 0.05) is 6.07 Å². The van der Waals surface area contributed by atoms with Gasteiger partial charge in [-0.2, -0.15) is 0 Å². The lowest BCUT2D eigenvalue weighted by Gasteiger charge is -2.32. The first-order chi connectivity index (χ1) is 11.2. The van der Waals surface area contributed by atoms with E-state index in [-0.39, 0.29) is 0 Å². The van der Waals surface area contributed by atoms with Crippen LogP contribution in [0.25, 0.3) is 0 Å². The van der Waals surface area contributed by atoms with Crippen molar-refractivity contribution >= 4 is 0 Å². The molecule has 4 heteroatoms. The maximum Gasteiger partial charge on any atom is 0.231 e. The monoisotopic (exact) mass is 319 g/mol. The van der Waals surface area contributed by atoms with Gasteiger partial charge in [-0.05, 0) is 69.3 Å². The molecule has 0 radical (unpaired) electrons. The summed E-state index contributed by atoms with van der Waals surface area (Å²) in [7, 11) is 0. The number of hydrogen-bond donors (Lipinski definition) is 0. The Kier molecular flexibility index (Phi) is 5.65. The van der Waals surface area contributed by atoms with E-state index in [0.717, 1.165) is 42.1 Å². The van der Waals surface area contributed by atoms with E-state index in [2.05, 4.69) is 18.7 Å². The first kappa shape index (κ1) is 16.4. The molecule has 1 aromatic rings. The van der Waals surface area contributed by atoms with Crippen molar-refractivity contribution in [1.29, 1.82) is 0 Å². The summed E-state index contributed by atoms with van der Waals surface area (Å²) in [4.78, 5) is 2.62. The molecule has 0 spiro atoms. The fourth-order valence-electron chi connectivity index (χ4n) is 3.25. The number of fused-ring (bicyclic) bond motifs is 1. The van der Waals surface area contributed by atoms with Gasteiger partial charge in [0.2, 0.25) is 6.79 Å². The van der Waals surface area contributed by atoms with E-state index in [1.807, 2.05) is 18.2 Å². The first-order valence-corrected chi connectivity index (χ1v) is 8.95. The summed E-state index contributed by atoms with van der Waals surface area (Å²) in [6, 6.07) is 5.81. The Hall–Kier alpha value is -1.42. The summed E-state index contributed by atoms with van der Waals surface area (Å²) in [6.45, 7) is 9.48. The van der Waals surface area contributed by atoms with Crippen LogP contribution in [0.4, 0.5) is 0 Å². The molecule has 0 atom stereocenters. The van der Waals surface area contributed by atoms with Crippen molar-refractivity contribution in [1.82, 2.24) is 4.90 Å². The maximum atomic E-state index is 5.89. The van der Waals surface area contributed by atoms with Crippen LogP contribution < -0.4 is 14.2 Å². The minimum atomic E-state index is 0.314. The molecule has 3 rings (SSSR count). The minimum absolute atomic E-state index is 0.314. The number of ether oxygens (including phenoxy) is 3. The van der Waals surface area contributed by atoms with Crippen molar-refractivity contribution < 1.29 is 14.2 Å². The standard InChI is InChI=1S/C19H29NO3/c1-15(2)5-9-20-10-6-16(7-11-20)8-12-21-17-3-4-18-19(13-17)23-14-22-18/h3-4,13,15-16H,5-12,14H2,1-2H3. The molecular weight excluding hydrogens is 290 g/mol. The number of nitrogens with zero attached hydrogens (tertiary/aromatic N) is 1. The Labute approximate surface area is 139 Å². The summed E-state index contributed by atoms with van der Waals surface area (Å²) in [5.74, 6) is 4.10. The Morgan fingerprint density at radius 2 is 1.96 bits per heavy atom. The molecule has 0 saturated carbocycles. The highest BCUT2D eigenvalue weighted by Gasteiger charge is 2.19. The van der Waals surface area contributed by atoms with Crippen LogP contribution in [0.3, 0.4) is 0 Å². The van der Waals surface area contributed by atoms with Gasteiger partial charge in [-0.1, -0.05) is 13.8 Å². The van der Waals surface area contributed by atoms with Gasteiger partial charge in [0.15, 0.2) is 11.5 Å². The van der Waals surface area contributed by atoms with Gasteiger partial charge in [0.05, 0.1) is 6.61 Å². The van der Waals surface area contributed by atoms with E-state index < -0.39 is 0 Å². The van der Waals surface area contributed by atoms with Crippen molar-refractivity contribution in [3.8, 4) is 17.2 Å². The van der Waals surface area contributed by atoms with E-state index in [1.165, 1.54) is 38.9 Å². The predicted octanol–water partition coefficient (Wildman–Crippen LogP) is 3.94. The Bertz CT molecular complexity index is 495. The van der Waals surface area contributed by atoms with Crippen molar-refractivity contribution in [2.75, 3.05) is 33.0 Å². The fourth-order valence-corrected chi connectivity index (χ4v) is 3.25. The van der Waals surface area contributed by atoms with E-state index in [4.69, 9.17) is 14.2 Å². The molecule has 0 bridgehead atoms. The third kappa shape index (κ3) is 4.77. The average Bonchev–Trinajstić information content (AvgIpc) is 3.02. The molecule has 4 nitrogen and oxygen atoms in total. The quantitative estimate of drug-likeness (QED) is 0.761. The van der Waals surface area contributed by atoms with Crippen LogP contribution in [0, 0.1) is 11.8 Å². The van der Waals surface area contributed by atoms with Crippen LogP contribution in [0.1, 0.15) is 39.5 Å². The number of hydrogen-bond acceptors (Lipinski definition) is 4. The van der Waals surface area contributed by atoms with Gasteiger partial charge in [-0.15, -0.1) is 0 Å². The van der Waals surface area contributed by atoms with Crippen molar-refractivity contribution in [3.05, 3.63) is 18.2 Å². The van der Waals surface area contributed by atoms with Gasteiger partial charge in [0.25, 0.3) is 0 Å². The molecule has 0 unspecified atom stereocenters. The minimum Gasteiger partial charge on any atom is -0.493 e. The van der Waals surface area contributed by atoms with Crippen molar-refractivity contribution in [2.24, 2.45) is 11.8 Å². The van der Waals surface area contributed by atoms with E-state index in [9.17, 15) is 0 Å². The molecule has 0 aromatic heterocycles. The van der Waals surface area contributed by atoms with Gasteiger partial charge in [-0.25, -0.2) is 0 Å². The van der Waals surface area contributed by atoms with Crippen molar-refractivity contribution in [3.63, 3.8) is 0 Å². The van der Waals surface area contributed by atoms with Crippen LogP contribution in [0.2, 0.25) is 0 Å². The topological polar surface area (TPSA) is 30.9 Å². The van der Waals surface area contributed by atoms with Crippen LogP contribution >= 0.6 is 0 Å². The average molecular weight is 319 g/mol. The van der Waals surface area contributed by atoms with Crippen LogP contribution in [-0.4, -0.2) is 37.9 Å². The number of benzene rings is 1. The normalized spacial score (nSPS) is 18.6. The Morgan fingerprint density at radius 3 is 2.74 bits per heavy atom. The predicted molar refractivity (Wildman–Crippen MR) is 91.3 cm³/mol. The zero-order chi connectivity index (χ0) is 16.1. The molecule has 0 aliphatic carbocycles. The second-order valence-electron chi connectivity index (χ2n) is 7.12. The lowest BCUT2D eigenvalue weighted by Crippen LogP contribution is -2.35. The SMILES string of the molecule is CC(C)CCN1CCC(CCOc2ccc3c(c2)OCO3)CC1. The molecule has 128 valence electrons. The fraction of sp³-hybridized carbons (Fsp3) is 0.684. The lowest BCUT2D eigenvalue weighted by atomic mass is 9.93. The summed E-state index contributed by atoms with van der Waals surface area (Å²) in [5.41, 5.74) is 0. The second kappa shape index (κ2) is 7.91. The first-order valence-electron chi connectivity index (χ1n) is 8.95. The van der Waals surface area contributed by atoms with Crippen LogP contribution in [0.15, 0.2) is 18.2 Å². The Balaban J connectivity index is 1.34. The highest BCUT2D eigenvalue weighted by molar-refractivity contribution is 5.46. The molecule has 23 heavy (non-hydrogen) atoms. The number of rotatable bonds is 7. The second-order valence-corrected chi connectivity index (χ2v) is 7.12. The molecule has 1 aromatic carbocycles. The molecule has 1 fully saturated rings. The molecular formula is C19H29NO3. The molecule has 1 saturated heterocycles. The Morgan fingerprint density at radius 1 is 1.17 bits per heavy atom. The van der Waals surface area contributed by atoms with Gasteiger partial charge in [0.1, 0.15) is 5.75 Å². The van der Waals surface area contributed by atoms with E-state index in [0.29, 0.717) is 6.79 Å². The molecule has 2 heterocycles. The third-order valence-electron chi connectivity index (χ3n) is 4.87. The van der Waals surface area contributed by atoms with Gasteiger partial charge >= 0.3 is 0 Å². The maximum absolute atomic E-state index is 5.89. The molecule has 0 amide bonds. The summed E-state index contributed by atoms with van der Waals surface area (Å²) < 4.78 is 16.6. The van der Waals surface area contributed by atoms with E-state index >= 15 is 0 Å². The summed E-state index contributed by atoms with van der Waals surface area (Å²) >= 11 is 0. The third-order valence-corrected chi connectivity index (χ3v) is 4.87. The highest BCUT2D eigenvalue weighted by atomic mass is 16.7. The molecule has 2 aliphatic heterocycles. The largest absolute Gasteiger partial charge is 0.493 e. The van der Waals surface area contributed by atoms with Crippen molar-refractivity contribution in [2.45, 2.75) is 39.5 Å². The number of piperidine rings is 1. The smallest absolute Gasteiger partial charge is 0.231 e. The summed E-state index contributed by atoms with van der Waals surface area (Å²) in [5, 5.41) is 0. The highest BCUT2D eigenvalue weighted by Crippen LogP contribution is 2.35. The van der Waals surface area contributed by atoms with Crippen LogP contribution in [-0.2, 0) is 0 Å². The lowest BCUT2D eigenvalue weighted by molar-refractivity contribution is 0.157. The number of likely N-dealkylation sites (tertiary alicyclic amines) is 1. The summed E-state index contributed by atoms with van der Waals surface area (Å²) in [6.07, 6.45) is 5.08.